The fourth-order valence-electron chi connectivity index (χ4n) is 1.71. The van der Waals surface area contributed by atoms with Crippen LogP contribution in [0.15, 0.2) is 35.5 Å². The van der Waals surface area contributed by atoms with Crippen molar-refractivity contribution in [2.24, 2.45) is 12.2 Å². The lowest BCUT2D eigenvalue weighted by Gasteiger charge is -2.10. The second kappa shape index (κ2) is 5.59. The highest BCUT2D eigenvalue weighted by atomic mass is 32.2. The van der Waals surface area contributed by atoms with Crippen LogP contribution < -0.4 is 9.88 Å². The van der Waals surface area contributed by atoms with Gasteiger partial charge < -0.3 is 9.30 Å². The van der Waals surface area contributed by atoms with E-state index in [0.29, 0.717) is 6.42 Å². The smallest absolute Gasteiger partial charge is 0.241 e. The number of aryl methyl sites for hydroxylation is 1. The number of hydrogen-bond donors (Lipinski definition) is 1. The van der Waals surface area contributed by atoms with Crippen molar-refractivity contribution < 1.29 is 17.5 Å². The quantitative estimate of drug-likeness (QED) is 0.885. The molecule has 1 aromatic carbocycles. The molecule has 0 atom stereocenters. The standard InChI is InChI=1S/C12H14FN3O3S/c1-16-6-5-15-12(16)4-7-19-10-3-2-9(13)8-11(10)20(14,17)18/h2-3,5-6,8H,4,7H2,1H3,(H2,14,17,18). The molecular weight excluding hydrogens is 285 g/mol. The summed E-state index contributed by atoms with van der Waals surface area (Å²) in [6, 6.07) is 3.20. The van der Waals surface area contributed by atoms with Gasteiger partial charge in [0.15, 0.2) is 0 Å². The van der Waals surface area contributed by atoms with Crippen molar-refractivity contribution >= 4 is 10.0 Å². The first-order valence-electron chi connectivity index (χ1n) is 5.79. The molecule has 0 saturated carbocycles. The van der Waals surface area contributed by atoms with Crippen LogP contribution in [-0.4, -0.2) is 24.6 Å². The van der Waals surface area contributed by atoms with E-state index in [9.17, 15) is 12.8 Å². The Morgan fingerprint density at radius 3 is 2.80 bits per heavy atom. The van der Waals surface area contributed by atoms with Gasteiger partial charge in [-0.15, -0.1) is 0 Å². The number of nitrogens with zero attached hydrogens (tertiary/aromatic N) is 2. The molecule has 6 nitrogen and oxygen atoms in total. The van der Waals surface area contributed by atoms with Crippen molar-refractivity contribution in [1.29, 1.82) is 0 Å². The fourth-order valence-corrected chi connectivity index (χ4v) is 2.40. The van der Waals surface area contributed by atoms with Crippen LogP contribution in [0.2, 0.25) is 0 Å². The summed E-state index contributed by atoms with van der Waals surface area (Å²) in [6.45, 7) is 0.207. The molecule has 1 aromatic heterocycles. The second-order valence-electron chi connectivity index (χ2n) is 4.19. The fraction of sp³-hybridized carbons (Fsp3) is 0.250. The topological polar surface area (TPSA) is 87.2 Å². The lowest BCUT2D eigenvalue weighted by Crippen LogP contribution is -2.15. The highest BCUT2D eigenvalue weighted by Gasteiger charge is 2.16. The van der Waals surface area contributed by atoms with Crippen molar-refractivity contribution in [3.05, 3.63) is 42.2 Å². The number of rotatable bonds is 5. The molecular formula is C12H14FN3O3S. The molecule has 0 spiro atoms. The summed E-state index contributed by atoms with van der Waals surface area (Å²) >= 11 is 0. The van der Waals surface area contributed by atoms with E-state index in [-0.39, 0.29) is 17.3 Å². The van der Waals surface area contributed by atoms with E-state index in [2.05, 4.69) is 4.98 Å². The maximum atomic E-state index is 13.1. The second-order valence-corrected chi connectivity index (χ2v) is 5.72. The van der Waals surface area contributed by atoms with E-state index in [4.69, 9.17) is 9.88 Å². The van der Waals surface area contributed by atoms with Gasteiger partial charge in [-0.2, -0.15) is 0 Å². The average molecular weight is 299 g/mol. The summed E-state index contributed by atoms with van der Waals surface area (Å²) in [7, 11) is -2.19. The largest absolute Gasteiger partial charge is 0.492 e. The van der Waals surface area contributed by atoms with Gasteiger partial charge in [-0.25, -0.2) is 22.9 Å². The first-order chi connectivity index (χ1) is 9.38. The number of imidazole rings is 1. The Morgan fingerprint density at radius 1 is 1.45 bits per heavy atom. The van der Waals surface area contributed by atoms with E-state index < -0.39 is 15.8 Å². The maximum Gasteiger partial charge on any atom is 0.241 e. The molecule has 1 heterocycles. The monoisotopic (exact) mass is 299 g/mol. The third-order valence-electron chi connectivity index (χ3n) is 2.72. The summed E-state index contributed by atoms with van der Waals surface area (Å²) in [5.74, 6) is 0.137. The molecule has 0 aliphatic heterocycles. The molecule has 0 bridgehead atoms. The van der Waals surface area contributed by atoms with E-state index in [1.807, 2.05) is 11.6 Å². The molecule has 0 fully saturated rings. The lowest BCUT2D eigenvalue weighted by molar-refractivity contribution is 0.308. The van der Waals surface area contributed by atoms with Gasteiger partial charge in [-0.3, -0.25) is 0 Å². The number of sulfonamides is 1. The highest BCUT2D eigenvalue weighted by molar-refractivity contribution is 7.89. The SMILES string of the molecule is Cn1ccnc1CCOc1ccc(F)cc1S(N)(=O)=O. The van der Waals surface area contributed by atoms with Gasteiger partial charge in [0, 0.05) is 25.9 Å². The maximum absolute atomic E-state index is 13.1. The van der Waals surface area contributed by atoms with E-state index in [0.717, 1.165) is 18.0 Å². The molecule has 108 valence electrons. The lowest BCUT2D eigenvalue weighted by atomic mass is 10.3. The van der Waals surface area contributed by atoms with Gasteiger partial charge in [0.25, 0.3) is 0 Å². The predicted octanol–water partition coefficient (Wildman–Crippen LogP) is 0.828. The number of aromatic nitrogens is 2. The van der Waals surface area contributed by atoms with E-state index in [1.54, 1.807) is 12.4 Å². The summed E-state index contributed by atoms with van der Waals surface area (Å²) in [6.07, 6.45) is 3.94. The first-order valence-corrected chi connectivity index (χ1v) is 7.34. The van der Waals surface area contributed by atoms with E-state index in [1.165, 1.54) is 6.07 Å². The van der Waals surface area contributed by atoms with Crippen molar-refractivity contribution in [3.63, 3.8) is 0 Å². The molecule has 0 saturated heterocycles. The van der Waals surface area contributed by atoms with E-state index >= 15 is 0 Å². The Kier molecular flexibility index (Phi) is 4.05. The third-order valence-corrected chi connectivity index (χ3v) is 3.65. The molecule has 0 amide bonds. The first kappa shape index (κ1) is 14.5. The van der Waals surface area contributed by atoms with Gasteiger partial charge in [0.2, 0.25) is 10.0 Å². The average Bonchev–Trinajstić information content (AvgIpc) is 2.76. The Balaban J connectivity index is 2.12. The molecule has 2 rings (SSSR count). The van der Waals surface area contributed by atoms with Crippen LogP contribution in [0, 0.1) is 5.82 Å². The highest BCUT2D eigenvalue weighted by Crippen LogP contribution is 2.23. The number of nitrogens with two attached hydrogens (primary N) is 1. The van der Waals surface area contributed by atoms with Crippen LogP contribution in [-0.2, 0) is 23.5 Å². The molecule has 2 N–H and O–H groups in total. The summed E-state index contributed by atoms with van der Waals surface area (Å²) < 4.78 is 43.0. The molecule has 8 heteroatoms. The van der Waals surface area contributed by atoms with Crippen LogP contribution in [0.1, 0.15) is 5.82 Å². The summed E-state index contributed by atoms with van der Waals surface area (Å²) in [4.78, 5) is 3.75. The minimum Gasteiger partial charge on any atom is -0.492 e. The van der Waals surface area contributed by atoms with Crippen LogP contribution in [0.4, 0.5) is 4.39 Å². The van der Waals surface area contributed by atoms with Crippen LogP contribution in [0.3, 0.4) is 0 Å². The van der Waals surface area contributed by atoms with Crippen molar-refractivity contribution in [1.82, 2.24) is 9.55 Å². The number of primary sulfonamides is 1. The minimum atomic E-state index is -4.03. The molecule has 20 heavy (non-hydrogen) atoms. The molecule has 0 unspecified atom stereocenters. The Bertz CT molecular complexity index is 712. The molecule has 2 aromatic rings. The van der Waals surface area contributed by atoms with Crippen molar-refractivity contribution in [3.8, 4) is 5.75 Å². The molecule has 0 radical (unpaired) electrons. The zero-order valence-corrected chi connectivity index (χ0v) is 11.6. The van der Waals surface area contributed by atoms with Gasteiger partial charge in [0.1, 0.15) is 22.3 Å². The van der Waals surface area contributed by atoms with Crippen molar-refractivity contribution in [2.75, 3.05) is 6.61 Å². The zero-order chi connectivity index (χ0) is 14.8. The predicted molar refractivity (Wildman–Crippen MR) is 70.2 cm³/mol. The van der Waals surface area contributed by atoms with Crippen molar-refractivity contribution in [2.45, 2.75) is 11.3 Å². The van der Waals surface area contributed by atoms with Gasteiger partial charge in [-0.05, 0) is 18.2 Å². The Morgan fingerprint density at radius 2 is 2.20 bits per heavy atom. The Labute approximate surface area is 116 Å². The number of halogens is 1. The zero-order valence-electron chi connectivity index (χ0n) is 10.8. The Hall–Kier alpha value is -1.93. The van der Waals surface area contributed by atoms with Gasteiger partial charge >= 0.3 is 0 Å². The third kappa shape index (κ3) is 3.34. The number of hydrogen-bond acceptors (Lipinski definition) is 4. The number of ether oxygens (including phenoxy) is 1. The van der Waals surface area contributed by atoms with Gasteiger partial charge in [0.05, 0.1) is 6.61 Å². The summed E-state index contributed by atoms with van der Waals surface area (Å²) in [5.41, 5.74) is 0. The molecule has 0 aliphatic rings. The number of benzene rings is 1. The summed E-state index contributed by atoms with van der Waals surface area (Å²) in [5, 5.41) is 5.03. The minimum absolute atomic E-state index is 0.0307. The normalized spacial score (nSPS) is 11.6. The van der Waals surface area contributed by atoms with Gasteiger partial charge in [-0.1, -0.05) is 0 Å². The molecule has 0 aliphatic carbocycles. The van der Waals surface area contributed by atoms with Crippen LogP contribution in [0.5, 0.6) is 5.75 Å². The van der Waals surface area contributed by atoms with Crippen LogP contribution in [0.25, 0.3) is 0 Å². The van der Waals surface area contributed by atoms with Crippen LogP contribution >= 0.6 is 0 Å².